The van der Waals surface area contributed by atoms with Crippen molar-refractivity contribution in [2.75, 3.05) is 0 Å². The molecule has 1 unspecified atom stereocenters. The minimum absolute atomic E-state index is 0.285. The van der Waals surface area contributed by atoms with Crippen molar-refractivity contribution in [2.24, 2.45) is 5.92 Å². The SMILES string of the molecule is C=C/C=C/CCCC1C=CC(=O)CC1. The van der Waals surface area contributed by atoms with Gasteiger partial charge in [-0.15, -0.1) is 0 Å². The molecule has 1 aliphatic rings. The van der Waals surface area contributed by atoms with E-state index in [2.05, 4.69) is 18.7 Å². The van der Waals surface area contributed by atoms with E-state index in [1.54, 1.807) is 12.2 Å². The average molecular weight is 190 g/mol. The van der Waals surface area contributed by atoms with Crippen molar-refractivity contribution in [3.05, 3.63) is 37.0 Å². The lowest BCUT2D eigenvalue weighted by Crippen LogP contribution is -2.07. The number of rotatable bonds is 5. The van der Waals surface area contributed by atoms with Gasteiger partial charge in [0.25, 0.3) is 0 Å². The Morgan fingerprint density at radius 2 is 2.43 bits per heavy atom. The Hall–Kier alpha value is -1.11. The van der Waals surface area contributed by atoms with E-state index in [0.29, 0.717) is 5.92 Å². The summed E-state index contributed by atoms with van der Waals surface area (Å²) in [4.78, 5) is 10.9. The van der Waals surface area contributed by atoms with Crippen LogP contribution in [0, 0.1) is 5.92 Å². The minimum Gasteiger partial charge on any atom is -0.295 e. The molecule has 0 aromatic carbocycles. The van der Waals surface area contributed by atoms with Crippen molar-refractivity contribution in [1.29, 1.82) is 0 Å². The number of carbonyl (C=O) groups excluding carboxylic acids is 1. The van der Waals surface area contributed by atoms with E-state index < -0.39 is 0 Å². The van der Waals surface area contributed by atoms with Crippen molar-refractivity contribution in [3.8, 4) is 0 Å². The van der Waals surface area contributed by atoms with E-state index >= 15 is 0 Å². The van der Waals surface area contributed by atoms with Gasteiger partial charge >= 0.3 is 0 Å². The van der Waals surface area contributed by atoms with Crippen LogP contribution in [-0.2, 0) is 4.79 Å². The zero-order chi connectivity index (χ0) is 10.2. The highest BCUT2D eigenvalue weighted by Gasteiger charge is 2.11. The summed E-state index contributed by atoms with van der Waals surface area (Å²) in [6, 6.07) is 0. The third-order valence-electron chi connectivity index (χ3n) is 2.53. The molecular formula is C13H18O. The molecule has 0 spiro atoms. The number of hydrogen-bond acceptors (Lipinski definition) is 1. The smallest absolute Gasteiger partial charge is 0.155 e. The predicted octanol–water partition coefficient (Wildman–Crippen LogP) is 3.43. The molecule has 0 bridgehead atoms. The Kier molecular flexibility index (Phi) is 4.98. The van der Waals surface area contributed by atoms with E-state index in [-0.39, 0.29) is 5.78 Å². The molecule has 0 aromatic heterocycles. The first kappa shape index (κ1) is 11.0. The summed E-state index contributed by atoms with van der Waals surface area (Å²) in [6.45, 7) is 3.62. The summed E-state index contributed by atoms with van der Waals surface area (Å²) in [5.74, 6) is 0.914. The van der Waals surface area contributed by atoms with Crippen LogP contribution < -0.4 is 0 Å². The second-order valence-corrected chi connectivity index (χ2v) is 3.72. The van der Waals surface area contributed by atoms with Crippen molar-refractivity contribution >= 4 is 5.78 Å². The highest BCUT2D eigenvalue weighted by atomic mass is 16.1. The van der Waals surface area contributed by atoms with Crippen LogP contribution in [0.2, 0.25) is 0 Å². The van der Waals surface area contributed by atoms with Crippen LogP contribution in [0.15, 0.2) is 37.0 Å². The normalized spacial score (nSPS) is 21.7. The largest absolute Gasteiger partial charge is 0.295 e. The monoisotopic (exact) mass is 190 g/mol. The first-order valence-electron chi connectivity index (χ1n) is 5.31. The molecule has 0 fully saturated rings. The standard InChI is InChI=1S/C13H18O/c1-2-3-4-5-6-7-12-8-10-13(14)11-9-12/h2-4,8,10,12H,1,5-7,9,11H2/b4-3+. The maximum atomic E-state index is 10.9. The van der Waals surface area contributed by atoms with Crippen LogP contribution in [0.5, 0.6) is 0 Å². The van der Waals surface area contributed by atoms with Crippen molar-refractivity contribution in [1.82, 2.24) is 0 Å². The van der Waals surface area contributed by atoms with Crippen molar-refractivity contribution < 1.29 is 4.79 Å². The molecule has 0 amide bonds. The topological polar surface area (TPSA) is 17.1 Å². The molecule has 76 valence electrons. The molecule has 0 aromatic rings. The maximum Gasteiger partial charge on any atom is 0.155 e. The summed E-state index contributed by atoms with van der Waals surface area (Å²) in [6.07, 6.45) is 15.0. The van der Waals surface area contributed by atoms with Crippen LogP contribution >= 0.6 is 0 Å². The Bertz CT molecular complexity index is 248. The second kappa shape index (κ2) is 6.36. The molecule has 0 radical (unpaired) electrons. The molecule has 1 aliphatic carbocycles. The van der Waals surface area contributed by atoms with Crippen LogP contribution in [0.3, 0.4) is 0 Å². The molecule has 1 nitrogen and oxygen atoms in total. The molecule has 1 atom stereocenters. The lowest BCUT2D eigenvalue weighted by molar-refractivity contribution is -0.115. The summed E-state index contributed by atoms with van der Waals surface area (Å²) in [5, 5.41) is 0. The third kappa shape index (κ3) is 4.22. The quantitative estimate of drug-likeness (QED) is 0.479. The lowest BCUT2D eigenvalue weighted by atomic mass is 9.91. The van der Waals surface area contributed by atoms with Crippen LogP contribution in [0.25, 0.3) is 0 Å². The van der Waals surface area contributed by atoms with Crippen molar-refractivity contribution in [3.63, 3.8) is 0 Å². The van der Waals surface area contributed by atoms with Crippen LogP contribution in [0.4, 0.5) is 0 Å². The van der Waals surface area contributed by atoms with Gasteiger partial charge in [-0.25, -0.2) is 0 Å². The molecule has 0 saturated carbocycles. The van der Waals surface area contributed by atoms with Gasteiger partial charge in [0.2, 0.25) is 0 Å². The van der Waals surface area contributed by atoms with Gasteiger partial charge < -0.3 is 0 Å². The van der Waals surface area contributed by atoms with Crippen LogP contribution in [0.1, 0.15) is 32.1 Å². The minimum atomic E-state index is 0.285. The molecule has 1 heteroatoms. The maximum absolute atomic E-state index is 10.9. The molecule has 0 N–H and O–H groups in total. The van der Waals surface area contributed by atoms with Gasteiger partial charge in [-0.3, -0.25) is 4.79 Å². The summed E-state index contributed by atoms with van der Waals surface area (Å²) < 4.78 is 0. The summed E-state index contributed by atoms with van der Waals surface area (Å²) in [5.41, 5.74) is 0. The summed E-state index contributed by atoms with van der Waals surface area (Å²) in [7, 11) is 0. The van der Waals surface area contributed by atoms with Crippen LogP contribution in [-0.4, -0.2) is 5.78 Å². The van der Waals surface area contributed by atoms with Gasteiger partial charge in [-0.05, 0) is 37.7 Å². The van der Waals surface area contributed by atoms with Gasteiger partial charge in [0.05, 0.1) is 0 Å². The molecule has 1 rings (SSSR count). The Morgan fingerprint density at radius 3 is 3.07 bits per heavy atom. The van der Waals surface area contributed by atoms with Gasteiger partial charge in [-0.2, -0.15) is 0 Å². The number of unbranched alkanes of at least 4 members (excludes halogenated alkanes) is 1. The van der Waals surface area contributed by atoms with E-state index in [1.165, 1.54) is 12.8 Å². The van der Waals surface area contributed by atoms with Gasteiger partial charge in [0.1, 0.15) is 0 Å². The lowest BCUT2D eigenvalue weighted by Gasteiger charge is -2.14. The fourth-order valence-corrected chi connectivity index (χ4v) is 1.68. The fourth-order valence-electron chi connectivity index (χ4n) is 1.68. The number of ketones is 1. The second-order valence-electron chi connectivity index (χ2n) is 3.72. The predicted molar refractivity (Wildman–Crippen MR) is 60.1 cm³/mol. The molecule has 0 saturated heterocycles. The zero-order valence-corrected chi connectivity index (χ0v) is 8.61. The number of carbonyl (C=O) groups is 1. The van der Waals surface area contributed by atoms with E-state index in [1.807, 2.05) is 6.08 Å². The first-order valence-corrected chi connectivity index (χ1v) is 5.31. The average Bonchev–Trinajstić information content (AvgIpc) is 2.21. The number of allylic oxidation sites excluding steroid dienone is 5. The third-order valence-corrected chi connectivity index (χ3v) is 2.53. The Labute approximate surface area is 86.2 Å². The van der Waals surface area contributed by atoms with Crippen molar-refractivity contribution in [2.45, 2.75) is 32.1 Å². The highest BCUT2D eigenvalue weighted by molar-refractivity contribution is 5.90. The molecular weight excluding hydrogens is 172 g/mol. The van der Waals surface area contributed by atoms with Gasteiger partial charge in [0.15, 0.2) is 5.78 Å². The highest BCUT2D eigenvalue weighted by Crippen LogP contribution is 2.20. The zero-order valence-electron chi connectivity index (χ0n) is 8.61. The fraction of sp³-hybridized carbons (Fsp3) is 0.462. The molecule has 0 heterocycles. The van der Waals surface area contributed by atoms with E-state index in [9.17, 15) is 4.79 Å². The molecule has 0 aliphatic heterocycles. The summed E-state index contributed by atoms with van der Waals surface area (Å²) >= 11 is 0. The first-order chi connectivity index (χ1) is 6.83. The van der Waals surface area contributed by atoms with Gasteiger partial charge in [0, 0.05) is 6.42 Å². The Balaban J connectivity index is 2.13. The van der Waals surface area contributed by atoms with E-state index in [0.717, 1.165) is 19.3 Å². The van der Waals surface area contributed by atoms with Gasteiger partial charge in [-0.1, -0.05) is 30.9 Å². The van der Waals surface area contributed by atoms with E-state index in [4.69, 9.17) is 0 Å². The molecule has 14 heavy (non-hydrogen) atoms. The number of hydrogen-bond donors (Lipinski definition) is 0. The Morgan fingerprint density at radius 1 is 1.57 bits per heavy atom.